The van der Waals surface area contributed by atoms with Gasteiger partial charge in [0.1, 0.15) is 0 Å². The van der Waals surface area contributed by atoms with Gasteiger partial charge in [-0.15, -0.1) is 0 Å². The molecule has 157 valence electrons. The van der Waals surface area contributed by atoms with Gasteiger partial charge >= 0.3 is 17.1 Å². The van der Waals surface area contributed by atoms with Crippen LogP contribution in [0.25, 0.3) is 0 Å². The predicted molar refractivity (Wildman–Crippen MR) is 63.1 cm³/mol. The van der Waals surface area contributed by atoms with Crippen LogP contribution in [0.4, 0.5) is 0 Å². The van der Waals surface area contributed by atoms with E-state index in [0.717, 1.165) is 0 Å². The summed E-state index contributed by atoms with van der Waals surface area (Å²) in [4.78, 5) is 0. The van der Waals surface area contributed by atoms with Gasteiger partial charge in [0, 0.05) is 20.8 Å². The Hall–Kier alpha value is -0.181. The van der Waals surface area contributed by atoms with Crippen molar-refractivity contribution in [2.24, 2.45) is 0 Å². The second-order valence-corrected chi connectivity index (χ2v) is 2.45. The standard InChI is InChI=1S/Fe.H3N.2H2O4S.10H2O/c;;2*1-5(2,3)4;;;;;;;;;;/h;1H3;2*(H2,1,2,3,4);10*1H2/q+3;;;;;;;;;;;;;/p-3. The summed E-state index contributed by atoms with van der Waals surface area (Å²) in [5, 5.41) is 0. The first-order valence-electron chi connectivity index (χ1n) is 1.33. The van der Waals surface area contributed by atoms with E-state index in [4.69, 9.17) is 35.0 Å². The van der Waals surface area contributed by atoms with Crippen LogP contribution in [0.5, 0.6) is 0 Å². The number of rotatable bonds is 0. The van der Waals surface area contributed by atoms with Gasteiger partial charge in [-0.1, -0.05) is 0 Å². The summed E-state index contributed by atoms with van der Waals surface area (Å²) >= 11 is 0. The van der Waals surface area contributed by atoms with Crippen LogP contribution in [0.3, 0.4) is 0 Å². The Morgan fingerprint density at radius 1 is 0.409 bits per heavy atom. The predicted octanol–water partition coefficient (Wildman–Crippen LogP) is -10.5. The summed E-state index contributed by atoms with van der Waals surface area (Å²) in [5.74, 6) is 0. The fourth-order valence-corrected chi connectivity index (χ4v) is 0. The Morgan fingerprint density at radius 2 is 0.409 bits per heavy atom. The molecular formula is H24FeNO18S2. The van der Waals surface area contributed by atoms with Gasteiger partial charge in [0.15, 0.2) is 0 Å². The average Bonchev–Trinajstić information content (AvgIpc) is 1.12. The van der Waals surface area contributed by atoms with Crippen molar-refractivity contribution in [1.82, 2.24) is 6.15 Å². The molecule has 0 aromatic carbocycles. The molecular weight excluding hydrogens is 422 g/mol. The van der Waals surface area contributed by atoms with Crippen molar-refractivity contribution in [2.75, 3.05) is 0 Å². The topological polar surface area (TPSA) is 512 Å². The molecule has 0 rings (SSSR count). The van der Waals surface area contributed by atoms with Crippen molar-refractivity contribution in [3.05, 3.63) is 0 Å². The molecule has 22 heteroatoms. The Morgan fingerprint density at radius 3 is 0.409 bits per heavy atom. The first kappa shape index (κ1) is 155. The Bertz CT molecular complexity index is 217. The Labute approximate surface area is 134 Å². The zero-order valence-electron chi connectivity index (χ0n) is 10.4. The van der Waals surface area contributed by atoms with Crippen LogP contribution in [-0.2, 0) is 37.9 Å². The second-order valence-electron chi connectivity index (χ2n) is 0.816. The molecule has 0 spiro atoms. The molecule has 24 N–H and O–H groups in total. The van der Waals surface area contributed by atoms with Gasteiger partial charge in [-0.25, -0.2) is 0 Å². The number of hydrogen-bond donors (Lipinski definition) is 1. The Kier molecular flexibility index (Phi) is 412. The van der Waals surface area contributed by atoms with Gasteiger partial charge in [0.2, 0.25) is 0 Å². The summed E-state index contributed by atoms with van der Waals surface area (Å²) in [6.07, 6.45) is 0. The molecule has 1 radical (unpaired) electrons. The number of quaternary nitrogens is 1. The van der Waals surface area contributed by atoms with E-state index in [1.165, 1.54) is 0 Å². The van der Waals surface area contributed by atoms with E-state index in [-0.39, 0.29) is 78.0 Å². The van der Waals surface area contributed by atoms with Crippen LogP contribution in [0.15, 0.2) is 0 Å². The van der Waals surface area contributed by atoms with E-state index in [9.17, 15) is 0 Å². The monoisotopic (exact) mass is 446 g/mol. The van der Waals surface area contributed by atoms with Gasteiger partial charge in [0.05, 0.1) is 0 Å². The third-order valence-corrected chi connectivity index (χ3v) is 0. The van der Waals surface area contributed by atoms with Gasteiger partial charge in [-0.3, -0.25) is 16.8 Å². The fraction of sp³-hybridized carbons (Fsp3) is 0. The van der Waals surface area contributed by atoms with Gasteiger partial charge < -0.3 is 79.1 Å². The molecule has 0 heterocycles. The molecule has 0 aliphatic heterocycles. The minimum Gasteiger partial charge on any atom is -0.759 e. The summed E-state index contributed by atoms with van der Waals surface area (Å²) in [6.45, 7) is 0. The molecule has 0 aromatic rings. The molecule has 0 atom stereocenters. The largest absolute Gasteiger partial charge is 3.00 e. The van der Waals surface area contributed by atoms with Crippen molar-refractivity contribution >= 4 is 20.8 Å². The first-order valence-corrected chi connectivity index (χ1v) is 4.00. The van der Waals surface area contributed by atoms with Crippen molar-refractivity contribution in [3.63, 3.8) is 0 Å². The molecule has 0 fully saturated rings. The smallest absolute Gasteiger partial charge is 0.759 e. The summed E-state index contributed by atoms with van der Waals surface area (Å²) in [6, 6.07) is 0. The van der Waals surface area contributed by atoms with Gasteiger partial charge in [0.25, 0.3) is 0 Å². The molecule has 0 aromatic heterocycles. The SMILES string of the molecule is O.O.O.O.O.O.O.O.O.O.O=S(=O)([O-])[O-].O=S(=O)([O-])[O-].[Fe+3].[NH4+]. The fourth-order valence-electron chi connectivity index (χ4n) is 0. The summed E-state index contributed by atoms with van der Waals surface area (Å²) in [5.41, 5.74) is 0. The van der Waals surface area contributed by atoms with E-state index in [0.29, 0.717) is 0 Å². The van der Waals surface area contributed by atoms with E-state index in [1.54, 1.807) is 0 Å². The van der Waals surface area contributed by atoms with Gasteiger partial charge in [-0.2, -0.15) is 0 Å². The normalized spacial score (nSPS) is 5.27. The minimum atomic E-state index is -5.17. The van der Waals surface area contributed by atoms with Gasteiger partial charge in [-0.05, 0) is 0 Å². The summed E-state index contributed by atoms with van der Waals surface area (Å²) in [7, 11) is -10.3. The molecule has 0 saturated carbocycles. The van der Waals surface area contributed by atoms with Crippen LogP contribution in [0.2, 0.25) is 0 Å². The summed E-state index contributed by atoms with van der Waals surface area (Å²) < 4.78 is 68.2. The maximum atomic E-state index is 8.52. The van der Waals surface area contributed by atoms with Crippen LogP contribution in [-0.4, -0.2) is 89.8 Å². The zero-order chi connectivity index (χ0) is 9.00. The van der Waals surface area contributed by atoms with Crippen molar-refractivity contribution in [2.45, 2.75) is 0 Å². The third-order valence-electron chi connectivity index (χ3n) is 0. The molecule has 0 amide bonds. The van der Waals surface area contributed by atoms with Crippen LogP contribution in [0.1, 0.15) is 0 Å². The van der Waals surface area contributed by atoms with Crippen molar-refractivity contribution < 1.29 is 107 Å². The van der Waals surface area contributed by atoms with Crippen LogP contribution < -0.4 is 6.15 Å². The first-order chi connectivity index (χ1) is 4.00. The maximum Gasteiger partial charge on any atom is 3.00 e. The molecule has 0 aliphatic rings. The second kappa shape index (κ2) is 58.5. The molecule has 0 unspecified atom stereocenters. The van der Waals surface area contributed by atoms with Crippen molar-refractivity contribution in [3.8, 4) is 0 Å². The zero-order valence-corrected chi connectivity index (χ0v) is 13.2. The van der Waals surface area contributed by atoms with Crippen molar-refractivity contribution in [1.29, 1.82) is 0 Å². The molecule has 0 saturated heterocycles. The van der Waals surface area contributed by atoms with Crippen LogP contribution >= 0.6 is 0 Å². The molecule has 0 aliphatic carbocycles. The molecule has 22 heavy (non-hydrogen) atoms. The molecule has 0 bridgehead atoms. The van der Waals surface area contributed by atoms with E-state index >= 15 is 0 Å². The van der Waals surface area contributed by atoms with E-state index < -0.39 is 20.8 Å². The number of hydrogen-bond acceptors (Lipinski definition) is 8. The quantitative estimate of drug-likeness (QED) is 0.211. The minimum absolute atomic E-state index is 0. The third kappa shape index (κ3) is 215000. The van der Waals surface area contributed by atoms with E-state index in [1.807, 2.05) is 0 Å². The molecule has 19 nitrogen and oxygen atoms in total. The average molecular weight is 446 g/mol. The van der Waals surface area contributed by atoms with Crippen LogP contribution in [0, 0.1) is 0 Å². The Balaban J connectivity index is -0.00000000314. The van der Waals surface area contributed by atoms with E-state index in [2.05, 4.69) is 0 Å². The maximum absolute atomic E-state index is 8.52.